The van der Waals surface area contributed by atoms with Gasteiger partial charge in [0.25, 0.3) is 0 Å². The molecule has 3 rings (SSSR count). The van der Waals surface area contributed by atoms with Crippen molar-refractivity contribution in [2.24, 2.45) is 0 Å². The summed E-state index contributed by atoms with van der Waals surface area (Å²) < 4.78 is 44.3. The van der Waals surface area contributed by atoms with E-state index in [1.807, 2.05) is 11.8 Å². The van der Waals surface area contributed by atoms with Crippen molar-refractivity contribution in [3.05, 3.63) is 41.3 Å². The van der Waals surface area contributed by atoms with E-state index in [-0.39, 0.29) is 23.4 Å². The third-order valence-electron chi connectivity index (χ3n) is 4.69. The van der Waals surface area contributed by atoms with Crippen molar-refractivity contribution in [3.8, 4) is 11.5 Å². The number of nitrogens with zero attached hydrogens (tertiary/aromatic N) is 3. The molecule has 26 heavy (non-hydrogen) atoms. The minimum Gasteiger partial charge on any atom is -0.441 e. The second kappa shape index (κ2) is 6.75. The summed E-state index contributed by atoms with van der Waals surface area (Å²) in [6.45, 7) is 5.30. The smallest absolute Gasteiger partial charge is 0.416 e. The van der Waals surface area contributed by atoms with E-state index >= 15 is 0 Å². The summed E-state index contributed by atoms with van der Waals surface area (Å²) >= 11 is 0. The average molecular weight is 367 g/mol. The van der Waals surface area contributed by atoms with Crippen molar-refractivity contribution >= 4 is 5.91 Å². The minimum atomic E-state index is -4.42. The zero-order valence-corrected chi connectivity index (χ0v) is 14.8. The number of likely N-dealkylation sites (N-methyl/N-ethyl adjacent to an activating group) is 1. The number of halogens is 3. The zero-order valence-electron chi connectivity index (χ0n) is 14.8. The Balaban J connectivity index is 1.83. The highest BCUT2D eigenvalue weighted by Crippen LogP contribution is 2.32. The van der Waals surface area contributed by atoms with Crippen molar-refractivity contribution in [2.75, 3.05) is 20.1 Å². The van der Waals surface area contributed by atoms with Gasteiger partial charge in [-0.15, -0.1) is 0 Å². The molecule has 1 fully saturated rings. The molecule has 1 aliphatic heterocycles. The standard InChI is InChI=1S/C18H20F3N3O2/c1-11-17(25)23(3)7-8-24(11)10-15-12(2)26-16(22-15)13-5-4-6-14(9-13)18(19,20)21/h4-6,9,11H,7-8,10H2,1-3H3/t11-/m0/s1. The predicted octanol–water partition coefficient (Wildman–Crippen LogP) is 3.33. The SMILES string of the molecule is Cc1oc(-c2cccc(C(F)(F)F)c2)nc1CN1CCN(C)C(=O)[C@@H]1C. The molecular formula is C18H20F3N3O2. The lowest BCUT2D eigenvalue weighted by atomic mass is 10.1. The van der Waals surface area contributed by atoms with Crippen molar-refractivity contribution < 1.29 is 22.4 Å². The quantitative estimate of drug-likeness (QED) is 0.835. The Kier molecular flexibility index (Phi) is 4.79. The van der Waals surface area contributed by atoms with Gasteiger partial charge in [-0.3, -0.25) is 9.69 Å². The maximum Gasteiger partial charge on any atom is 0.416 e. The van der Waals surface area contributed by atoms with Crippen LogP contribution in [0.3, 0.4) is 0 Å². The first-order valence-electron chi connectivity index (χ1n) is 8.30. The van der Waals surface area contributed by atoms with Crippen LogP contribution in [0.15, 0.2) is 28.7 Å². The highest BCUT2D eigenvalue weighted by molar-refractivity contribution is 5.81. The summed E-state index contributed by atoms with van der Waals surface area (Å²) in [7, 11) is 1.77. The van der Waals surface area contributed by atoms with Gasteiger partial charge in [0.2, 0.25) is 11.8 Å². The summed E-state index contributed by atoms with van der Waals surface area (Å²) in [5.74, 6) is 0.725. The number of hydrogen-bond donors (Lipinski definition) is 0. The second-order valence-corrected chi connectivity index (χ2v) is 6.51. The number of amides is 1. The molecule has 8 heteroatoms. The van der Waals surface area contributed by atoms with Crippen LogP contribution in [0.1, 0.15) is 23.9 Å². The van der Waals surface area contributed by atoms with Crippen LogP contribution in [0.5, 0.6) is 0 Å². The number of carbonyl (C=O) groups is 1. The van der Waals surface area contributed by atoms with Gasteiger partial charge in [-0.2, -0.15) is 13.2 Å². The summed E-state index contributed by atoms with van der Waals surface area (Å²) in [6.07, 6.45) is -4.42. The number of alkyl halides is 3. The minimum absolute atomic E-state index is 0.0375. The first kappa shape index (κ1) is 18.4. The molecule has 140 valence electrons. The van der Waals surface area contributed by atoms with Gasteiger partial charge in [0.05, 0.1) is 17.3 Å². The number of rotatable bonds is 3. The molecule has 1 amide bonds. The van der Waals surface area contributed by atoms with Gasteiger partial charge in [0.15, 0.2) is 0 Å². The number of benzene rings is 1. The van der Waals surface area contributed by atoms with E-state index in [0.29, 0.717) is 31.1 Å². The number of carbonyl (C=O) groups excluding carboxylic acids is 1. The van der Waals surface area contributed by atoms with Gasteiger partial charge >= 0.3 is 6.18 Å². The van der Waals surface area contributed by atoms with Gasteiger partial charge in [-0.25, -0.2) is 4.98 Å². The van der Waals surface area contributed by atoms with E-state index in [4.69, 9.17) is 4.42 Å². The Morgan fingerprint density at radius 2 is 2.04 bits per heavy atom. The number of aryl methyl sites for hydroxylation is 1. The lowest BCUT2D eigenvalue weighted by Crippen LogP contribution is -2.53. The summed E-state index contributed by atoms with van der Waals surface area (Å²) in [4.78, 5) is 20.2. The van der Waals surface area contributed by atoms with E-state index in [1.54, 1.807) is 18.9 Å². The van der Waals surface area contributed by atoms with Crippen LogP contribution in [0, 0.1) is 6.92 Å². The molecule has 1 aliphatic rings. The average Bonchev–Trinajstić information content (AvgIpc) is 2.95. The molecule has 0 N–H and O–H groups in total. The maximum absolute atomic E-state index is 12.9. The third-order valence-corrected chi connectivity index (χ3v) is 4.69. The highest BCUT2D eigenvalue weighted by Gasteiger charge is 2.32. The van der Waals surface area contributed by atoms with E-state index in [1.165, 1.54) is 12.1 Å². The first-order chi connectivity index (χ1) is 12.2. The van der Waals surface area contributed by atoms with Gasteiger partial charge in [0, 0.05) is 32.2 Å². The molecule has 1 aromatic heterocycles. The second-order valence-electron chi connectivity index (χ2n) is 6.51. The topological polar surface area (TPSA) is 49.6 Å². The molecule has 0 saturated carbocycles. The molecule has 2 aromatic rings. The van der Waals surface area contributed by atoms with E-state index < -0.39 is 11.7 Å². The molecule has 2 heterocycles. The lowest BCUT2D eigenvalue weighted by Gasteiger charge is -2.36. The first-order valence-corrected chi connectivity index (χ1v) is 8.30. The van der Waals surface area contributed by atoms with Crippen molar-refractivity contribution in [1.82, 2.24) is 14.8 Å². The third kappa shape index (κ3) is 3.60. The van der Waals surface area contributed by atoms with Crippen molar-refractivity contribution in [1.29, 1.82) is 0 Å². The predicted molar refractivity (Wildman–Crippen MR) is 89.2 cm³/mol. The number of aromatic nitrogens is 1. The van der Waals surface area contributed by atoms with Crippen LogP contribution in [0.4, 0.5) is 13.2 Å². The zero-order chi connectivity index (χ0) is 19.1. The summed E-state index contributed by atoms with van der Waals surface area (Å²) in [5, 5.41) is 0. The van der Waals surface area contributed by atoms with E-state index in [0.717, 1.165) is 12.1 Å². The molecule has 1 atom stereocenters. The molecule has 0 aliphatic carbocycles. The fraction of sp³-hybridized carbons (Fsp3) is 0.444. The molecule has 0 unspecified atom stereocenters. The molecule has 5 nitrogen and oxygen atoms in total. The number of oxazole rings is 1. The van der Waals surface area contributed by atoms with Crippen LogP contribution in [-0.2, 0) is 17.5 Å². The Bertz CT molecular complexity index is 816. The number of hydrogen-bond acceptors (Lipinski definition) is 4. The Morgan fingerprint density at radius 3 is 2.73 bits per heavy atom. The molecule has 0 spiro atoms. The van der Waals surface area contributed by atoms with Gasteiger partial charge in [-0.1, -0.05) is 6.07 Å². The Morgan fingerprint density at radius 1 is 1.31 bits per heavy atom. The fourth-order valence-electron chi connectivity index (χ4n) is 2.99. The number of piperazine rings is 1. The van der Waals surface area contributed by atoms with Gasteiger partial charge in [0.1, 0.15) is 5.76 Å². The summed E-state index contributed by atoms with van der Waals surface area (Å²) in [6, 6.07) is 4.63. The van der Waals surface area contributed by atoms with Gasteiger partial charge < -0.3 is 9.32 Å². The lowest BCUT2D eigenvalue weighted by molar-refractivity contribution is -0.139. The van der Waals surface area contributed by atoms with Gasteiger partial charge in [-0.05, 0) is 32.0 Å². The van der Waals surface area contributed by atoms with Crippen LogP contribution in [-0.4, -0.2) is 46.9 Å². The molecule has 1 aromatic carbocycles. The monoisotopic (exact) mass is 367 g/mol. The summed E-state index contributed by atoms with van der Waals surface area (Å²) in [5.41, 5.74) is 0.156. The Labute approximate surface area is 149 Å². The van der Waals surface area contributed by atoms with Crippen LogP contribution in [0.2, 0.25) is 0 Å². The Hall–Kier alpha value is -2.35. The largest absolute Gasteiger partial charge is 0.441 e. The molecule has 0 radical (unpaired) electrons. The molecular weight excluding hydrogens is 347 g/mol. The fourth-order valence-corrected chi connectivity index (χ4v) is 2.99. The highest BCUT2D eigenvalue weighted by atomic mass is 19.4. The maximum atomic E-state index is 12.9. The van der Waals surface area contributed by atoms with Crippen LogP contribution in [0.25, 0.3) is 11.5 Å². The van der Waals surface area contributed by atoms with Crippen LogP contribution < -0.4 is 0 Å². The molecule has 0 bridgehead atoms. The van der Waals surface area contributed by atoms with Crippen molar-refractivity contribution in [3.63, 3.8) is 0 Å². The van der Waals surface area contributed by atoms with Crippen molar-refractivity contribution in [2.45, 2.75) is 32.6 Å². The van der Waals surface area contributed by atoms with E-state index in [9.17, 15) is 18.0 Å². The molecule has 1 saturated heterocycles. The van der Waals surface area contributed by atoms with E-state index in [2.05, 4.69) is 4.98 Å². The van der Waals surface area contributed by atoms with Crippen LogP contribution >= 0.6 is 0 Å². The normalized spacial score (nSPS) is 19.2.